The maximum absolute atomic E-state index is 12.4. The maximum atomic E-state index is 12.4. The van der Waals surface area contributed by atoms with Crippen molar-refractivity contribution >= 4 is 23.2 Å². The van der Waals surface area contributed by atoms with E-state index in [1.807, 2.05) is 31.2 Å². The number of benzene rings is 1. The van der Waals surface area contributed by atoms with Gasteiger partial charge >= 0.3 is 11.8 Å². The van der Waals surface area contributed by atoms with Gasteiger partial charge in [0.1, 0.15) is 0 Å². The normalized spacial score (nSPS) is 21.0. The van der Waals surface area contributed by atoms with E-state index in [0.717, 1.165) is 25.2 Å². The van der Waals surface area contributed by atoms with Gasteiger partial charge in [0.15, 0.2) is 0 Å². The van der Waals surface area contributed by atoms with Crippen LogP contribution in [0.15, 0.2) is 24.3 Å². The van der Waals surface area contributed by atoms with Crippen LogP contribution in [0.4, 0.5) is 11.4 Å². The molecule has 2 saturated heterocycles. The van der Waals surface area contributed by atoms with E-state index < -0.39 is 11.8 Å². The van der Waals surface area contributed by atoms with Crippen molar-refractivity contribution in [1.29, 1.82) is 0 Å². The van der Waals surface area contributed by atoms with Gasteiger partial charge in [0, 0.05) is 37.6 Å². The summed E-state index contributed by atoms with van der Waals surface area (Å²) in [5.74, 6) is -1.06. The summed E-state index contributed by atoms with van der Waals surface area (Å²) >= 11 is 0. The Morgan fingerprint density at radius 3 is 2.79 bits per heavy atom. The van der Waals surface area contributed by atoms with Gasteiger partial charge in [-0.15, -0.1) is 0 Å². The Bertz CT molecular complexity index is 599. The summed E-state index contributed by atoms with van der Waals surface area (Å²) in [4.78, 5) is 28.5. The van der Waals surface area contributed by atoms with Crippen LogP contribution in [-0.2, 0) is 14.3 Å². The second-order valence-electron chi connectivity index (χ2n) is 6.35. The number of nitrogens with zero attached hydrogens (tertiary/aromatic N) is 2. The molecule has 6 heteroatoms. The fraction of sp³-hybridized carbons (Fsp3) is 0.556. The number of carbonyl (C=O) groups excluding carboxylic acids is 2. The van der Waals surface area contributed by atoms with Gasteiger partial charge in [-0.25, -0.2) is 0 Å². The Balaban J connectivity index is 1.61. The molecule has 0 bridgehead atoms. The van der Waals surface area contributed by atoms with Crippen LogP contribution in [-0.4, -0.2) is 55.6 Å². The maximum Gasteiger partial charge on any atom is 0.313 e. The first kappa shape index (κ1) is 16.8. The van der Waals surface area contributed by atoms with E-state index in [1.165, 1.54) is 12.8 Å². The van der Waals surface area contributed by atoms with Crippen molar-refractivity contribution in [3.8, 4) is 0 Å². The summed E-state index contributed by atoms with van der Waals surface area (Å²) in [6.45, 7) is 5.54. The van der Waals surface area contributed by atoms with Crippen molar-refractivity contribution in [2.45, 2.75) is 32.3 Å². The number of carbonyl (C=O) groups is 2. The van der Waals surface area contributed by atoms with Crippen molar-refractivity contribution in [2.75, 3.05) is 43.0 Å². The molecule has 2 aliphatic heterocycles. The van der Waals surface area contributed by atoms with Crippen molar-refractivity contribution in [3.63, 3.8) is 0 Å². The first-order valence-electron chi connectivity index (χ1n) is 8.74. The number of morpholine rings is 1. The molecule has 6 nitrogen and oxygen atoms in total. The smallest absolute Gasteiger partial charge is 0.313 e. The lowest BCUT2D eigenvalue weighted by atomic mass is 10.2. The number of hydrogen-bond donors (Lipinski definition) is 1. The van der Waals surface area contributed by atoms with Crippen LogP contribution in [0.1, 0.15) is 26.2 Å². The largest absolute Gasteiger partial charge is 0.375 e. The van der Waals surface area contributed by atoms with Crippen LogP contribution in [0, 0.1) is 0 Å². The number of ether oxygens (including phenoxy) is 1. The third-order valence-electron chi connectivity index (χ3n) is 4.65. The summed E-state index contributed by atoms with van der Waals surface area (Å²) in [6, 6.07) is 7.70. The standard InChI is InChI=1S/C18H25N3O3/c1-2-16-13-21(10-11-24-16)18(23)17(22)19-14-6-5-7-15(12-14)20-8-3-4-9-20/h5-7,12,16H,2-4,8-11,13H2,1H3,(H,19,22)/t16-/m1/s1. The zero-order chi connectivity index (χ0) is 16.9. The summed E-state index contributed by atoms with van der Waals surface area (Å²) < 4.78 is 5.55. The SMILES string of the molecule is CC[C@@H]1CN(C(=O)C(=O)Nc2cccc(N3CCCC3)c2)CCO1. The Labute approximate surface area is 142 Å². The molecule has 0 aromatic heterocycles. The topological polar surface area (TPSA) is 61.9 Å². The van der Waals surface area contributed by atoms with Crippen LogP contribution < -0.4 is 10.2 Å². The van der Waals surface area contributed by atoms with Crippen molar-refractivity contribution in [1.82, 2.24) is 4.90 Å². The van der Waals surface area contributed by atoms with Gasteiger partial charge in [0.2, 0.25) is 0 Å². The number of rotatable bonds is 3. The van der Waals surface area contributed by atoms with Gasteiger partial charge in [-0.05, 0) is 37.5 Å². The second kappa shape index (κ2) is 7.66. The highest BCUT2D eigenvalue weighted by Gasteiger charge is 2.27. The van der Waals surface area contributed by atoms with E-state index >= 15 is 0 Å². The third-order valence-corrected chi connectivity index (χ3v) is 4.65. The van der Waals surface area contributed by atoms with Gasteiger partial charge in [0.25, 0.3) is 0 Å². The molecule has 0 unspecified atom stereocenters. The average Bonchev–Trinajstić information content (AvgIpc) is 3.16. The summed E-state index contributed by atoms with van der Waals surface area (Å²) in [6.07, 6.45) is 3.26. The highest BCUT2D eigenvalue weighted by molar-refractivity contribution is 6.39. The van der Waals surface area contributed by atoms with Crippen LogP contribution in [0.5, 0.6) is 0 Å². The molecule has 24 heavy (non-hydrogen) atoms. The molecule has 1 aromatic carbocycles. The van der Waals surface area contributed by atoms with Crippen LogP contribution >= 0.6 is 0 Å². The second-order valence-corrected chi connectivity index (χ2v) is 6.35. The van der Waals surface area contributed by atoms with Crippen molar-refractivity contribution < 1.29 is 14.3 Å². The quantitative estimate of drug-likeness (QED) is 0.859. The molecule has 1 atom stereocenters. The van der Waals surface area contributed by atoms with Crippen LogP contribution in [0.3, 0.4) is 0 Å². The summed E-state index contributed by atoms with van der Waals surface area (Å²) in [7, 11) is 0. The number of nitrogens with one attached hydrogen (secondary N) is 1. The molecule has 2 fully saturated rings. The Kier molecular flexibility index (Phi) is 5.35. The Morgan fingerprint density at radius 1 is 1.25 bits per heavy atom. The molecule has 1 N–H and O–H groups in total. The third kappa shape index (κ3) is 3.87. The lowest BCUT2D eigenvalue weighted by molar-refractivity contribution is -0.148. The monoisotopic (exact) mass is 331 g/mol. The highest BCUT2D eigenvalue weighted by atomic mass is 16.5. The molecular weight excluding hydrogens is 306 g/mol. The number of hydrogen-bond acceptors (Lipinski definition) is 4. The summed E-state index contributed by atoms with van der Waals surface area (Å²) in [5, 5.41) is 2.74. The molecule has 0 radical (unpaired) electrons. The number of anilines is 2. The Morgan fingerprint density at radius 2 is 2.04 bits per heavy atom. The minimum atomic E-state index is -0.578. The fourth-order valence-corrected chi connectivity index (χ4v) is 3.23. The van der Waals surface area contributed by atoms with E-state index in [-0.39, 0.29) is 6.10 Å². The Hall–Kier alpha value is -2.08. The van der Waals surface area contributed by atoms with Gasteiger partial charge < -0.3 is 19.9 Å². The van der Waals surface area contributed by atoms with Crippen LogP contribution in [0.25, 0.3) is 0 Å². The zero-order valence-electron chi connectivity index (χ0n) is 14.2. The lowest BCUT2D eigenvalue weighted by Crippen LogP contribution is -2.49. The van der Waals surface area contributed by atoms with Crippen LogP contribution in [0.2, 0.25) is 0 Å². The molecule has 0 saturated carbocycles. The molecule has 3 rings (SSSR count). The van der Waals surface area contributed by atoms with Gasteiger partial charge in [-0.3, -0.25) is 9.59 Å². The minimum Gasteiger partial charge on any atom is -0.375 e. The molecular formula is C18H25N3O3. The predicted octanol–water partition coefficient (Wildman–Crippen LogP) is 1.86. The van der Waals surface area contributed by atoms with E-state index in [4.69, 9.17) is 4.74 Å². The first-order chi connectivity index (χ1) is 11.7. The zero-order valence-corrected chi connectivity index (χ0v) is 14.2. The average molecular weight is 331 g/mol. The van der Waals surface area contributed by atoms with E-state index in [1.54, 1.807) is 4.90 Å². The molecule has 0 aliphatic carbocycles. The van der Waals surface area contributed by atoms with E-state index in [2.05, 4.69) is 10.2 Å². The predicted molar refractivity (Wildman–Crippen MR) is 93.1 cm³/mol. The molecule has 130 valence electrons. The lowest BCUT2D eigenvalue weighted by Gasteiger charge is -2.32. The van der Waals surface area contributed by atoms with E-state index in [9.17, 15) is 9.59 Å². The molecule has 0 spiro atoms. The van der Waals surface area contributed by atoms with E-state index in [0.29, 0.717) is 25.4 Å². The molecule has 2 heterocycles. The summed E-state index contributed by atoms with van der Waals surface area (Å²) in [5.41, 5.74) is 1.76. The highest BCUT2D eigenvalue weighted by Crippen LogP contribution is 2.23. The van der Waals surface area contributed by atoms with Gasteiger partial charge in [-0.2, -0.15) is 0 Å². The fourth-order valence-electron chi connectivity index (χ4n) is 3.23. The van der Waals surface area contributed by atoms with Crippen molar-refractivity contribution in [3.05, 3.63) is 24.3 Å². The first-order valence-corrected chi connectivity index (χ1v) is 8.74. The minimum absolute atomic E-state index is 0.0222. The van der Waals surface area contributed by atoms with Gasteiger partial charge in [-0.1, -0.05) is 13.0 Å². The van der Waals surface area contributed by atoms with Gasteiger partial charge in [0.05, 0.1) is 12.7 Å². The van der Waals surface area contributed by atoms with Crippen molar-refractivity contribution in [2.24, 2.45) is 0 Å². The molecule has 2 amide bonds. The molecule has 2 aliphatic rings. The number of amides is 2. The molecule has 1 aromatic rings.